The molecule has 0 bridgehead atoms. The minimum absolute atomic E-state index is 0.259. The molecule has 0 saturated heterocycles. The van der Waals surface area contributed by atoms with Gasteiger partial charge < -0.3 is 14.8 Å². The van der Waals surface area contributed by atoms with Gasteiger partial charge in [-0.05, 0) is 31.9 Å². The average Bonchev–Trinajstić information content (AvgIpc) is 2.54. The molecule has 0 saturated carbocycles. The van der Waals surface area contributed by atoms with Gasteiger partial charge in [-0.2, -0.15) is 0 Å². The topological polar surface area (TPSA) is 47.6 Å². The van der Waals surface area contributed by atoms with E-state index in [0.717, 1.165) is 11.1 Å². The van der Waals surface area contributed by atoms with Crippen LogP contribution in [0.2, 0.25) is 0 Å². The van der Waals surface area contributed by atoms with E-state index in [2.05, 4.69) is 5.32 Å². The van der Waals surface area contributed by atoms with Crippen LogP contribution in [0.4, 0.5) is 4.79 Å². The van der Waals surface area contributed by atoms with E-state index in [1.807, 2.05) is 81.4 Å². The average molecular weight is 327 g/mol. The van der Waals surface area contributed by atoms with Gasteiger partial charge in [0.2, 0.25) is 0 Å². The Morgan fingerprint density at radius 3 is 2.17 bits per heavy atom. The van der Waals surface area contributed by atoms with E-state index >= 15 is 0 Å². The van der Waals surface area contributed by atoms with Crippen LogP contribution >= 0.6 is 0 Å². The molecule has 1 amide bonds. The highest BCUT2D eigenvalue weighted by atomic mass is 16.6. The lowest BCUT2D eigenvalue weighted by molar-refractivity contribution is 0.0427. The van der Waals surface area contributed by atoms with Gasteiger partial charge in [-0.3, -0.25) is 0 Å². The molecule has 0 radical (unpaired) electrons. The largest absolute Gasteiger partial charge is 0.444 e. The van der Waals surface area contributed by atoms with Crippen molar-refractivity contribution in [3.63, 3.8) is 0 Å². The fourth-order valence-electron chi connectivity index (χ4n) is 2.23. The minimum Gasteiger partial charge on any atom is -0.444 e. The first-order valence-corrected chi connectivity index (χ1v) is 8.10. The number of hydrogen-bond acceptors (Lipinski definition) is 3. The number of hydrogen-bond donors (Lipinski definition) is 1. The zero-order valence-electron chi connectivity index (χ0n) is 14.5. The maximum atomic E-state index is 12.1. The third-order valence-electron chi connectivity index (χ3n) is 3.29. The summed E-state index contributed by atoms with van der Waals surface area (Å²) in [7, 11) is 0. The van der Waals surface area contributed by atoms with Gasteiger partial charge in [0.15, 0.2) is 0 Å². The lowest BCUT2D eigenvalue weighted by Crippen LogP contribution is -2.36. The summed E-state index contributed by atoms with van der Waals surface area (Å²) in [5.74, 6) is 0. The lowest BCUT2D eigenvalue weighted by Gasteiger charge is -2.24. The standard InChI is InChI=1S/C20H25NO3/c1-20(2,3)24-19(22)21-18(17-12-8-5-9-13-17)15-23-14-16-10-6-4-7-11-16/h4-13,18H,14-15H2,1-3H3,(H,21,22). The van der Waals surface area contributed by atoms with E-state index in [1.165, 1.54) is 0 Å². The smallest absolute Gasteiger partial charge is 0.408 e. The van der Waals surface area contributed by atoms with Crippen LogP contribution in [0.15, 0.2) is 60.7 Å². The molecular formula is C20H25NO3. The Morgan fingerprint density at radius 1 is 1.00 bits per heavy atom. The van der Waals surface area contributed by atoms with Crippen molar-refractivity contribution >= 4 is 6.09 Å². The highest BCUT2D eigenvalue weighted by molar-refractivity contribution is 5.68. The molecule has 4 nitrogen and oxygen atoms in total. The summed E-state index contributed by atoms with van der Waals surface area (Å²) in [6.07, 6.45) is -0.445. The summed E-state index contributed by atoms with van der Waals surface area (Å²) in [5.41, 5.74) is 1.55. The van der Waals surface area contributed by atoms with Gasteiger partial charge in [-0.1, -0.05) is 60.7 Å². The fourth-order valence-corrected chi connectivity index (χ4v) is 2.23. The second-order valence-corrected chi connectivity index (χ2v) is 6.61. The Morgan fingerprint density at radius 2 is 1.58 bits per heavy atom. The molecule has 2 aromatic rings. The van der Waals surface area contributed by atoms with Crippen LogP contribution < -0.4 is 5.32 Å². The van der Waals surface area contributed by atoms with Crippen LogP contribution in [0, 0.1) is 0 Å². The summed E-state index contributed by atoms with van der Waals surface area (Å²) in [4.78, 5) is 12.1. The highest BCUT2D eigenvalue weighted by Gasteiger charge is 2.20. The Kier molecular flexibility index (Phi) is 6.38. The molecule has 2 rings (SSSR count). The second-order valence-electron chi connectivity index (χ2n) is 6.61. The number of carbonyl (C=O) groups excluding carboxylic acids is 1. The van der Waals surface area contributed by atoms with E-state index in [-0.39, 0.29) is 6.04 Å². The molecule has 0 aromatic heterocycles. The predicted molar refractivity (Wildman–Crippen MR) is 94.7 cm³/mol. The zero-order valence-corrected chi connectivity index (χ0v) is 14.5. The number of nitrogens with one attached hydrogen (secondary N) is 1. The van der Waals surface area contributed by atoms with Crippen molar-refractivity contribution in [3.8, 4) is 0 Å². The summed E-state index contributed by atoms with van der Waals surface area (Å²) >= 11 is 0. The van der Waals surface area contributed by atoms with Crippen molar-refractivity contribution in [2.45, 2.75) is 39.0 Å². The second kappa shape index (κ2) is 8.50. The predicted octanol–water partition coefficient (Wildman–Crippen LogP) is 4.47. The Bertz CT molecular complexity index is 620. The fraction of sp³-hybridized carbons (Fsp3) is 0.350. The molecule has 1 N–H and O–H groups in total. The highest BCUT2D eigenvalue weighted by Crippen LogP contribution is 2.16. The van der Waals surface area contributed by atoms with E-state index in [0.29, 0.717) is 13.2 Å². The van der Waals surface area contributed by atoms with Gasteiger partial charge in [0, 0.05) is 0 Å². The van der Waals surface area contributed by atoms with E-state index in [9.17, 15) is 4.79 Å². The van der Waals surface area contributed by atoms with Crippen LogP contribution in [-0.4, -0.2) is 18.3 Å². The van der Waals surface area contributed by atoms with Crippen LogP contribution in [0.25, 0.3) is 0 Å². The third-order valence-corrected chi connectivity index (χ3v) is 3.29. The van der Waals surface area contributed by atoms with Crippen molar-refractivity contribution in [2.75, 3.05) is 6.61 Å². The molecule has 0 heterocycles. The molecule has 0 aliphatic rings. The maximum absolute atomic E-state index is 12.1. The van der Waals surface area contributed by atoms with Crippen molar-refractivity contribution in [1.29, 1.82) is 0 Å². The van der Waals surface area contributed by atoms with Crippen molar-refractivity contribution in [1.82, 2.24) is 5.32 Å². The number of amides is 1. The number of alkyl carbamates (subject to hydrolysis) is 1. The molecule has 0 spiro atoms. The molecule has 4 heteroatoms. The van der Waals surface area contributed by atoms with E-state index in [4.69, 9.17) is 9.47 Å². The van der Waals surface area contributed by atoms with Gasteiger partial charge in [0.1, 0.15) is 5.60 Å². The minimum atomic E-state index is -0.532. The first-order valence-electron chi connectivity index (χ1n) is 8.10. The number of carbonyl (C=O) groups is 1. The van der Waals surface area contributed by atoms with Crippen LogP contribution in [0.5, 0.6) is 0 Å². The van der Waals surface area contributed by atoms with E-state index in [1.54, 1.807) is 0 Å². The molecule has 2 aromatic carbocycles. The Hall–Kier alpha value is -2.33. The SMILES string of the molecule is CC(C)(C)OC(=O)NC(COCc1ccccc1)c1ccccc1. The molecule has 24 heavy (non-hydrogen) atoms. The lowest BCUT2D eigenvalue weighted by atomic mass is 10.1. The molecule has 0 aliphatic carbocycles. The van der Waals surface area contributed by atoms with Gasteiger partial charge in [0.05, 0.1) is 19.3 Å². The maximum Gasteiger partial charge on any atom is 0.408 e. The van der Waals surface area contributed by atoms with Crippen LogP contribution in [0.3, 0.4) is 0 Å². The Balaban J connectivity index is 1.97. The zero-order chi connectivity index (χ0) is 17.4. The number of ether oxygens (including phenoxy) is 2. The first kappa shape index (κ1) is 18.0. The monoisotopic (exact) mass is 327 g/mol. The Labute approximate surface area is 143 Å². The molecule has 128 valence electrons. The molecule has 1 atom stereocenters. The first-order chi connectivity index (χ1) is 11.4. The molecule has 0 fully saturated rings. The normalized spacial score (nSPS) is 12.5. The van der Waals surface area contributed by atoms with Crippen molar-refractivity contribution in [2.24, 2.45) is 0 Å². The van der Waals surface area contributed by atoms with Gasteiger partial charge >= 0.3 is 6.09 Å². The summed E-state index contributed by atoms with van der Waals surface area (Å²) in [6, 6.07) is 19.5. The molecule has 0 aliphatic heterocycles. The van der Waals surface area contributed by atoms with E-state index < -0.39 is 11.7 Å². The van der Waals surface area contributed by atoms with Crippen LogP contribution in [0.1, 0.15) is 37.9 Å². The van der Waals surface area contributed by atoms with Crippen LogP contribution in [-0.2, 0) is 16.1 Å². The molecular weight excluding hydrogens is 302 g/mol. The van der Waals surface area contributed by atoms with Gasteiger partial charge in [-0.15, -0.1) is 0 Å². The molecule has 1 unspecified atom stereocenters. The van der Waals surface area contributed by atoms with Gasteiger partial charge in [-0.25, -0.2) is 4.79 Å². The number of rotatable bonds is 6. The van der Waals surface area contributed by atoms with Crippen molar-refractivity contribution in [3.05, 3.63) is 71.8 Å². The van der Waals surface area contributed by atoms with Gasteiger partial charge in [0.25, 0.3) is 0 Å². The summed E-state index contributed by atoms with van der Waals surface area (Å²) < 4.78 is 11.1. The number of benzene rings is 2. The summed E-state index contributed by atoms with van der Waals surface area (Å²) in [5, 5.41) is 2.89. The third kappa shape index (κ3) is 6.42. The summed E-state index contributed by atoms with van der Waals surface area (Å²) in [6.45, 7) is 6.40. The van der Waals surface area contributed by atoms with Crippen molar-refractivity contribution < 1.29 is 14.3 Å². The quantitative estimate of drug-likeness (QED) is 0.851.